The highest BCUT2D eigenvalue weighted by Gasteiger charge is 2.34. The number of rotatable bonds is 1. The minimum absolute atomic E-state index is 0.0189. The van der Waals surface area contributed by atoms with Gasteiger partial charge in [-0.2, -0.15) is 0 Å². The molecule has 2 nitrogen and oxygen atoms in total. The van der Waals surface area contributed by atoms with Crippen LogP contribution in [0, 0.1) is 11.3 Å². The van der Waals surface area contributed by atoms with Crippen LogP contribution in [0.4, 0.5) is 0 Å². The van der Waals surface area contributed by atoms with E-state index in [4.69, 9.17) is 0 Å². The van der Waals surface area contributed by atoms with Crippen molar-refractivity contribution in [3.05, 3.63) is 12.2 Å². The maximum absolute atomic E-state index is 12.3. The number of carbonyl (C=O) groups excluding carboxylic acids is 1. The van der Waals surface area contributed by atoms with E-state index >= 15 is 0 Å². The molecule has 0 aromatic heterocycles. The van der Waals surface area contributed by atoms with Gasteiger partial charge in [-0.25, -0.2) is 0 Å². The van der Waals surface area contributed by atoms with Crippen LogP contribution in [0.1, 0.15) is 41.0 Å². The molecule has 1 aliphatic heterocycles. The summed E-state index contributed by atoms with van der Waals surface area (Å²) in [4.78, 5) is 14.3. The van der Waals surface area contributed by atoms with Gasteiger partial charge in [0.15, 0.2) is 0 Å². The Balaban J connectivity index is 2.92. The third-order valence-electron chi connectivity index (χ3n) is 2.97. The molecule has 0 fully saturated rings. The van der Waals surface area contributed by atoms with E-state index < -0.39 is 0 Å². The van der Waals surface area contributed by atoms with Crippen LogP contribution in [0.2, 0.25) is 0 Å². The van der Waals surface area contributed by atoms with Crippen LogP contribution in [0.5, 0.6) is 0 Å². The maximum atomic E-state index is 12.3. The Bertz CT molecular complexity index is 260. The second-order valence-electron chi connectivity index (χ2n) is 5.69. The fourth-order valence-electron chi connectivity index (χ4n) is 1.99. The third-order valence-corrected chi connectivity index (χ3v) is 2.97. The van der Waals surface area contributed by atoms with Crippen molar-refractivity contribution in [1.29, 1.82) is 0 Å². The normalized spacial score (nSPS) is 23.5. The number of hydrogen-bond donors (Lipinski definition) is 0. The molecule has 0 bridgehead atoms. The van der Waals surface area contributed by atoms with Crippen LogP contribution in [-0.4, -0.2) is 23.4 Å². The zero-order valence-corrected chi connectivity index (χ0v) is 10.6. The monoisotopic (exact) mass is 209 g/mol. The largest absolute Gasteiger partial charge is 0.339 e. The zero-order chi connectivity index (χ0) is 11.6. The van der Waals surface area contributed by atoms with E-state index in [9.17, 15) is 4.79 Å². The summed E-state index contributed by atoms with van der Waals surface area (Å²) in [6, 6.07) is 0.308. The van der Waals surface area contributed by atoms with Gasteiger partial charge < -0.3 is 4.90 Å². The van der Waals surface area contributed by atoms with Gasteiger partial charge >= 0.3 is 0 Å². The first kappa shape index (κ1) is 12.3. The Morgan fingerprint density at radius 1 is 1.40 bits per heavy atom. The minimum Gasteiger partial charge on any atom is -0.339 e. The number of amides is 1. The van der Waals surface area contributed by atoms with Crippen molar-refractivity contribution < 1.29 is 4.79 Å². The second kappa shape index (κ2) is 4.38. The highest BCUT2D eigenvalue weighted by molar-refractivity contribution is 5.82. The summed E-state index contributed by atoms with van der Waals surface area (Å²) in [5.41, 5.74) is 0.0189. The molecule has 0 aromatic rings. The summed E-state index contributed by atoms with van der Waals surface area (Å²) < 4.78 is 0. The predicted molar refractivity (Wildman–Crippen MR) is 63.6 cm³/mol. The van der Waals surface area contributed by atoms with Crippen molar-refractivity contribution in [3.63, 3.8) is 0 Å². The summed E-state index contributed by atoms with van der Waals surface area (Å²) in [6.07, 6.45) is 5.22. The third kappa shape index (κ3) is 2.83. The van der Waals surface area contributed by atoms with Gasteiger partial charge in [0.25, 0.3) is 0 Å². The van der Waals surface area contributed by atoms with E-state index in [-0.39, 0.29) is 17.2 Å². The number of hydrogen-bond acceptors (Lipinski definition) is 1. The van der Waals surface area contributed by atoms with Crippen LogP contribution in [0.25, 0.3) is 0 Å². The molecule has 1 heterocycles. The lowest BCUT2D eigenvalue weighted by molar-refractivity contribution is -0.138. The zero-order valence-electron chi connectivity index (χ0n) is 10.6. The fourth-order valence-corrected chi connectivity index (χ4v) is 1.99. The smallest absolute Gasteiger partial charge is 0.230 e. The van der Waals surface area contributed by atoms with Gasteiger partial charge in [0.1, 0.15) is 0 Å². The molecule has 0 aliphatic carbocycles. The Morgan fingerprint density at radius 2 is 2.00 bits per heavy atom. The molecule has 15 heavy (non-hydrogen) atoms. The van der Waals surface area contributed by atoms with E-state index in [1.54, 1.807) is 0 Å². The van der Waals surface area contributed by atoms with Gasteiger partial charge in [0.2, 0.25) is 5.91 Å². The summed E-state index contributed by atoms with van der Waals surface area (Å²) >= 11 is 0. The second-order valence-corrected chi connectivity index (χ2v) is 5.69. The van der Waals surface area contributed by atoms with Gasteiger partial charge in [-0.05, 0) is 25.7 Å². The molecular formula is C13H23NO. The van der Waals surface area contributed by atoms with Gasteiger partial charge in [0, 0.05) is 12.6 Å². The van der Waals surface area contributed by atoms with E-state index in [1.807, 2.05) is 4.90 Å². The molecule has 1 amide bonds. The molecule has 2 heteroatoms. The van der Waals surface area contributed by atoms with Crippen LogP contribution in [-0.2, 0) is 4.79 Å². The Labute approximate surface area is 93.3 Å². The summed E-state index contributed by atoms with van der Waals surface area (Å²) in [5.74, 6) is 0.314. The topological polar surface area (TPSA) is 20.3 Å². The fraction of sp³-hybridized carbons (Fsp3) is 0.769. The van der Waals surface area contributed by atoms with Crippen LogP contribution < -0.4 is 0 Å². The van der Waals surface area contributed by atoms with Crippen molar-refractivity contribution in [2.24, 2.45) is 11.3 Å². The Kier molecular flexibility index (Phi) is 3.58. The molecule has 0 aromatic carbocycles. The molecule has 0 saturated heterocycles. The highest BCUT2D eigenvalue weighted by atomic mass is 16.2. The number of nitrogens with zero attached hydrogens (tertiary/aromatic N) is 1. The molecule has 0 saturated carbocycles. The molecule has 1 aliphatic rings. The number of carbonyl (C=O) groups is 1. The first-order valence-electron chi connectivity index (χ1n) is 5.81. The SMILES string of the molecule is CC(C)N1CCC=CC(C(C)(C)C)C1=O. The van der Waals surface area contributed by atoms with Crippen molar-refractivity contribution in [1.82, 2.24) is 4.90 Å². The molecule has 0 N–H and O–H groups in total. The van der Waals surface area contributed by atoms with Crippen LogP contribution in [0.3, 0.4) is 0 Å². The van der Waals surface area contributed by atoms with Crippen LogP contribution >= 0.6 is 0 Å². The summed E-state index contributed by atoms with van der Waals surface area (Å²) in [5, 5.41) is 0. The van der Waals surface area contributed by atoms with E-state index in [2.05, 4.69) is 46.8 Å². The molecule has 0 radical (unpaired) electrons. The minimum atomic E-state index is 0.0189. The lowest BCUT2D eigenvalue weighted by Crippen LogP contribution is -2.43. The van der Waals surface area contributed by atoms with Crippen molar-refractivity contribution in [2.75, 3.05) is 6.54 Å². The van der Waals surface area contributed by atoms with Crippen molar-refractivity contribution >= 4 is 5.91 Å². The van der Waals surface area contributed by atoms with Crippen molar-refractivity contribution in [2.45, 2.75) is 47.1 Å². The van der Waals surface area contributed by atoms with Crippen LogP contribution in [0.15, 0.2) is 12.2 Å². The Morgan fingerprint density at radius 3 is 2.47 bits per heavy atom. The molecule has 1 atom stereocenters. The van der Waals surface area contributed by atoms with Gasteiger partial charge in [-0.3, -0.25) is 4.79 Å². The quantitative estimate of drug-likeness (QED) is 0.608. The molecule has 1 rings (SSSR count). The van der Waals surface area contributed by atoms with E-state index in [0.717, 1.165) is 13.0 Å². The molecule has 86 valence electrons. The standard InChI is InChI=1S/C13H23NO/c1-10(2)14-9-7-6-8-11(12(14)15)13(3,4)5/h6,8,10-11H,7,9H2,1-5H3. The average Bonchev–Trinajstić information content (AvgIpc) is 2.25. The summed E-state index contributed by atoms with van der Waals surface area (Å²) in [6.45, 7) is 11.4. The molecule has 0 spiro atoms. The highest BCUT2D eigenvalue weighted by Crippen LogP contribution is 2.31. The summed E-state index contributed by atoms with van der Waals surface area (Å²) in [7, 11) is 0. The Hall–Kier alpha value is -0.790. The van der Waals surface area contributed by atoms with E-state index in [0.29, 0.717) is 6.04 Å². The predicted octanol–water partition coefficient (Wildman–Crippen LogP) is 2.85. The van der Waals surface area contributed by atoms with Crippen molar-refractivity contribution in [3.8, 4) is 0 Å². The maximum Gasteiger partial charge on any atom is 0.230 e. The lowest BCUT2D eigenvalue weighted by Gasteiger charge is -2.33. The van der Waals surface area contributed by atoms with E-state index in [1.165, 1.54) is 0 Å². The van der Waals surface area contributed by atoms with Gasteiger partial charge in [-0.15, -0.1) is 0 Å². The van der Waals surface area contributed by atoms with Gasteiger partial charge in [0.05, 0.1) is 5.92 Å². The van der Waals surface area contributed by atoms with Gasteiger partial charge in [-0.1, -0.05) is 32.9 Å². The average molecular weight is 209 g/mol. The first-order chi connectivity index (χ1) is 6.84. The first-order valence-corrected chi connectivity index (χ1v) is 5.81. The molecule has 1 unspecified atom stereocenters. The molecular weight excluding hydrogens is 186 g/mol. The lowest BCUT2D eigenvalue weighted by atomic mass is 9.79.